The molecule has 1 aliphatic rings. The van der Waals surface area contributed by atoms with Crippen LogP contribution >= 0.6 is 0 Å². The monoisotopic (exact) mass is 339 g/mol. The van der Waals surface area contributed by atoms with Crippen LogP contribution in [0.4, 0.5) is 0 Å². The van der Waals surface area contributed by atoms with Gasteiger partial charge >= 0.3 is 0 Å². The second kappa shape index (κ2) is 8.62. The molecule has 1 fully saturated rings. The van der Waals surface area contributed by atoms with E-state index in [1.807, 2.05) is 36.4 Å². The number of nitrogens with zero attached hydrogens (tertiary/aromatic N) is 2. The number of likely N-dealkylation sites (tertiary alicyclic amines) is 1. The molecule has 2 heterocycles. The van der Waals surface area contributed by atoms with Crippen molar-refractivity contribution in [3.05, 3.63) is 59.9 Å². The second-order valence-electron chi connectivity index (χ2n) is 6.32. The van der Waals surface area contributed by atoms with Crippen LogP contribution in [0.5, 0.6) is 5.75 Å². The Bertz CT molecular complexity index is 684. The van der Waals surface area contributed by atoms with Crippen molar-refractivity contribution in [1.29, 1.82) is 0 Å². The molecule has 0 aliphatic carbocycles. The molecule has 132 valence electrons. The van der Waals surface area contributed by atoms with Crippen LogP contribution in [0.25, 0.3) is 0 Å². The van der Waals surface area contributed by atoms with Gasteiger partial charge < -0.3 is 10.1 Å². The number of pyridine rings is 1. The molecule has 5 heteroatoms. The maximum Gasteiger partial charge on any atom is 0.242 e. The van der Waals surface area contributed by atoms with Gasteiger partial charge in [-0.05, 0) is 61.7 Å². The largest absolute Gasteiger partial charge is 0.497 e. The predicted octanol–water partition coefficient (Wildman–Crippen LogP) is 2.59. The summed E-state index contributed by atoms with van der Waals surface area (Å²) in [6.45, 7) is 2.53. The van der Waals surface area contributed by atoms with Gasteiger partial charge in [-0.15, -0.1) is 0 Å². The van der Waals surface area contributed by atoms with Gasteiger partial charge in [0.25, 0.3) is 0 Å². The summed E-state index contributed by atoms with van der Waals surface area (Å²) in [7, 11) is 1.66. The van der Waals surface area contributed by atoms with Crippen molar-refractivity contribution in [3.63, 3.8) is 0 Å². The summed E-state index contributed by atoms with van der Waals surface area (Å²) in [6.07, 6.45) is 6.61. The van der Waals surface area contributed by atoms with E-state index < -0.39 is 0 Å². The Kier molecular flexibility index (Phi) is 6.01. The summed E-state index contributed by atoms with van der Waals surface area (Å²) >= 11 is 0. The third kappa shape index (κ3) is 4.57. The Morgan fingerprint density at radius 1 is 1.28 bits per heavy atom. The van der Waals surface area contributed by atoms with Gasteiger partial charge in [0, 0.05) is 18.9 Å². The van der Waals surface area contributed by atoms with Gasteiger partial charge in [-0.2, -0.15) is 0 Å². The molecule has 3 rings (SSSR count). The first kappa shape index (κ1) is 17.4. The van der Waals surface area contributed by atoms with E-state index in [1.54, 1.807) is 19.5 Å². The van der Waals surface area contributed by atoms with Crippen LogP contribution in [0.15, 0.2) is 48.8 Å². The number of rotatable bonds is 7. The standard InChI is InChI=1S/C20H25N3O2/c1-25-18-8-4-6-16(14-18)9-11-22-20(24)19(23-12-2-3-13-23)17-7-5-10-21-15-17/h4-8,10,14-15,19H,2-3,9,11-13H2,1H3,(H,22,24)/t19-/m1/s1. The molecule has 0 spiro atoms. The molecule has 1 aromatic carbocycles. The lowest BCUT2D eigenvalue weighted by Crippen LogP contribution is -2.40. The van der Waals surface area contributed by atoms with Gasteiger partial charge in [0.05, 0.1) is 7.11 Å². The fraction of sp³-hybridized carbons (Fsp3) is 0.400. The number of methoxy groups -OCH3 is 1. The van der Waals surface area contributed by atoms with Crippen LogP contribution < -0.4 is 10.1 Å². The molecule has 1 N–H and O–H groups in total. The van der Waals surface area contributed by atoms with Crippen LogP contribution in [0, 0.1) is 0 Å². The fourth-order valence-corrected chi connectivity index (χ4v) is 3.32. The molecule has 0 saturated carbocycles. The van der Waals surface area contributed by atoms with E-state index in [0.717, 1.165) is 49.2 Å². The predicted molar refractivity (Wildman–Crippen MR) is 97.5 cm³/mol. The van der Waals surface area contributed by atoms with Gasteiger partial charge in [0.2, 0.25) is 5.91 Å². The molecule has 1 atom stereocenters. The number of aromatic nitrogens is 1. The lowest BCUT2D eigenvalue weighted by molar-refractivity contribution is -0.126. The summed E-state index contributed by atoms with van der Waals surface area (Å²) in [4.78, 5) is 19.3. The molecule has 0 unspecified atom stereocenters. The second-order valence-corrected chi connectivity index (χ2v) is 6.32. The average molecular weight is 339 g/mol. The first-order chi connectivity index (χ1) is 12.3. The highest BCUT2D eigenvalue weighted by molar-refractivity contribution is 5.83. The summed E-state index contributed by atoms with van der Waals surface area (Å²) < 4.78 is 5.24. The van der Waals surface area contributed by atoms with Crippen LogP contribution in [-0.4, -0.2) is 42.5 Å². The first-order valence-corrected chi connectivity index (χ1v) is 8.82. The lowest BCUT2D eigenvalue weighted by Gasteiger charge is -2.26. The smallest absolute Gasteiger partial charge is 0.242 e. The normalized spacial score (nSPS) is 15.7. The molecule has 2 aromatic rings. The molecule has 1 saturated heterocycles. The summed E-state index contributed by atoms with van der Waals surface area (Å²) in [5, 5.41) is 3.09. The molecule has 1 aromatic heterocycles. The molecular formula is C20H25N3O2. The van der Waals surface area contributed by atoms with E-state index in [0.29, 0.717) is 6.54 Å². The molecule has 1 amide bonds. The first-order valence-electron chi connectivity index (χ1n) is 8.82. The zero-order valence-corrected chi connectivity index (χ0v) is 14.6. The van der Waals surface area contributed by atoms with Gasteiger partial charge in [0.15, 0.2) is 0 Å². The van der Waals surface area contributed by atoms with Crippen molar-refractivity contribution in [1.82, 2.24) is 15.2 Å². The van der Waals surface area contributed by atoms with Crippen molar-refractivity contribution in [2.24, 2.45) is 0 Å². The van der Waals surface area contributed by atoms with Crippen molar-refractivity contribution < 1.29 is 9.53 Å². The zero-order valence-electron chi connectivity index (χ0n) is 14.6. The van der Waals surface area contributed by atoms with Crippen molar-refractivity contribution in [3.8, 4) is 5.75 Å². The number of carbonyl (C=O) groups is 1. The number of hydrogen-bond acceptors (Lipinski definition) is 4. The zero-order chi connectivity index (χ0) is 17.5. The van der Waals surface area contributed by atoms with Crippen LogP contribution in [0.2, 0.25) is 0 Å². The Morgan fingerprint density at radius 3 is 2.84 bits per heavy atom. The number of benzene rings is 1. The van der Waals surface area contributed by atoms with Gasteiger partial charge in [-0.25, -0.2) is 0 Å². The number of amides is 1. The molecule has 5 nitrogen and oxygen atoms in total. The Balaban J connectivity index is 1.62. The Morgan fingerprint density at radius 2 is 2.12 bits per heavy atom. The summed E-state index contributed by atoms with van der Waals surface area (Å²) in [5.74, 6) is 0.895. The fourth-order valence-electron chi connectivity index (χ4n) is 3.32. The minimum Gasteiger partial charge on any atom is -0.497 e. The number of nitrogens with one attached hydrogen (secondary N) is 1. The maximum absolute atomic E-state index is 12.8. The molecule has 0 radical (unpaired) electrons. The highest BCUT2D eigenvalue weighted by Gasteiger charge is 2.29. The van der Waals surface area contributed by atoms with E-state index >= 15 is 0 Å². The average Bonchev–Trinajstić information content (AvgIpc) is 3.17. The minimum absolute atomic E-state index is 0.0535. The van der Waals surface area contributed by atoms with Crippen LogP contribution in [-0.2, 0) is 11.2 Å². The van der Waals surface area contributed by atoms with Crippen molar-refractivity contribution in [2.75, 3.05) is 26.7 Å². The highest BCUT2D eigenvalue weighted by Crippen LogP contribution is 2.24. The number of hydrogen-bond donors (Lipinski definition) is 1. The maximum atomic E-state index is 12.8. The van der Waals surface area contributed by atoms with Crippen molar-refractivity contribution in [2.45, 2.75) is 25.3 Å². The third-order valence-electron chi connectivity index (χ3n) is 4.60. The number of ether oxygens (including phenoxy) is 1. The third-order valence-corrected chi connectivity index (χ3v) is 4.60. The van der Waals surface area contributed by atoms with Crippen LogP contribution in [0.1, 0.15) is 30.0 Å². The highest BCUT2D eigenvalue weighted by atomic mass is 16.5. The summed E-state index contributed by atoms with van der Waals surface area (Å²) in [6, 6.07) is 11.6. The summed E-state index contributed by atoms with van der Waals surface area (Å²) in [5.41, 5.74) is 2.11. The van der Waals surface area contributed by atoms with E-state index in [-0.39, 0.29) is 11.9 Å². The quantitative estimate of drug-likeness (QED) is 0.842. The van der Waals surface area contributed by atoms with E-state index in [9.17, 15) is 4.79 Å². The Hall–Kier alpha value is -2.40. The molecular weight excluding hydrogens is 314 g/mol. The lowest BCUT2D eigenvalue weighted by atomic mass is 10.1. The van der Waals surface area contributed by atoms with Gasteiger partial charge in [-0.1, -0.05) is 18.2 Å². The van der Waals surface area contributed by atoms with Gasteiger partial charge in [0.1, 0.15) is 11.8 Å². The van der Waals surface area contributed by atoms with E-state index in [2.05, 4.69) is 15.2 Å². The van der Waals surface area contributed by atoms with Crippen molar-refractivity contribution >= 4 is 5.91 Å². The molecule has 25 heavy (non-hydrogen) atoms. The topological polar surface area (TPSA) is 54.5 Å². The van der Waals surface area contributed by atoms with Gasteiger partial charge in [-0.3, -0.25) is 14.7 Å². The molecule has 0 bridgehead atoms. The van der Waals surface area contributed by atoms with E-state index in [4.69, 9.17) is 4.74 Å². The minimum atomic E-state index is -0.249. The van der Waals surface area contributed by atoms with E-state index in [1.165, 1.54) is 0 Å². The van der Waals surface area contributed by atoms with Crippen LogP contribution in [0.3, 0.4) is 0 Å². The SMILES string of the molecule is COc1cccc(CCNC(=O)[C@@H](c2cccnc2)N2CCCC2)c1. The number of carbonyl (C=O) groups excluding carboxylic acids is 1. The molecule has 1 aliphatic heterocycles. The Labute approximate surface area is 149 Å².